The summed E-state index contributed by atoms with van der Waals surface area (Å²) in [6, 6.07) is 4.03. The number of hydrogen-bond acceptors (Lipinski definition) is 6. The molecule has 0 unspecified atom stereocenters. The molecule has 0 aliphatic rings. The van der Waals surface area contributed by atoms with Crippen LogP contribution in [0.1, 0.15) is 20.8 Å². The van der Waals surface area contributed by atoms with Crippen LogP contribution in [0.15, 0.2) is 36.8 Å². The molecule has 0 saturated heterocycles. The van der Waals surface area contributed by atoms with Gasteiger partial charge in [0, 0.05) is 12.4 Å². The summed E-state index contributed by atoms with van der Waals surface area (Å²) in [5.74, 6) is -1.34. The van der Waals surface area contributed by atoms with Crippen molar-refractivity contribution in [1.29, 1.82) is 0 Å². The second kappa shape index (κ2) is 5.79. The molecule has 0 saturated carbocycles. The molecule has 0 bridgehead atoms. The van der Waals surface area contributed by atoms with E-state index >= 15 is 0 Å². The summed E-state index contributed by atoms with van der Waals surface area (Å²) in [4.78, 5) is 30.7. The predicted molar refractivity (Wildman–Crippen MR) is 69.4 cm³/mol. The molecule has 1 aromatic carbocycles. The molecule has 1 amide bonds. The van der Waals surface area contributed by atoms with Crippen LogP contribution < -0.4 is 5.32 Å². The molecule has 0 spiro atoms. The summed E-state index contributed by atoms with van der Waals surface area (Å²) >= 11 is 0. The Hall–Kier alpha value is -2.96. The maximum absolute atomic E-state index is 11.8. The number of rotatable bonds is 3. The van der Waals surface area contributed by atoms with E-state index in [9.17, 15) is 14.7 Å². The lowest BCUT2D eigenvalue weighted by Gasteiger charge is -2.08. The lowest BCUT2D eigenvalue weighted by Crippen LogP contribution is -2.14. The molecule has 2 rings (SSSR count). The van der Waals surface area contributed by atoms with E-state index in [0.717, 1.165) is 0 Å². The summed E-state index contributed by atoms with van der Waals surface area (Å²) < 4.78 is 4.53. The van der Waals surface area contributed by atoms with Gasteiger partial charge in [-0.2, -0.15) is 0 Å². The smallest absolute Gasteiger partial charge is 0.337 e. The molecule has 1 aromatic heterocycles. The molecule has 2 N–H and O–H groups in total. The van der Waals surface area contributed by atoms with Gasteiger partial charge in [0.05, 0.1) is 24.6 Å². The van der Waals surface area contributed by atoms with Crippen molar-refractivity contribution >= 4 is 17.6 Å². The number of anilines is 1. The molecule has 7 nitrogen and oxygen atoms in total. The lowest BCUT2D eigenvalue weighted by atomic mass is 10.2. The number of nitrogens with one attached hydrogen (secondary N) is 1. The molecule has 0 fully saturated rings. The average molecular weight is 273 g/mol. The number of benzene rings is 1. The Bertz CT molecular complexity index is 643. The third-order valence-electron chi connectivity index (χ3n) is 2.46. The minimum absolute atomic E-state index is 0.115. The Morgan fingerprint density at radius 2 is 2.10 bits per heavy atom. The van der Waals surface area contributed by atoms with Crippen molar-refractivity contribution in [3.63, 3.8) is 0 Å². The number of phenolic OH excluding ortho intramolecular Hbond substituents is 1. The van der Waals surface area contributed by atoms with Crippen LogP contribution in [0, 0.1) is 0 Å². The van der Waals surface area contributed by atoms with E-state index in [2.05, 4.69) is 20.0 Å². The summed E-state index contributed by atoms with van der Waals surface area (Å²) in [6.45, 7) is 0. The van der Waals surface area contributed by atoms with Crippen molar-refractivity contribution in [2.75, 3.05) is 12.4 Å². The molecule has 7 heteroatoms. The topological polar surface area (TPSA) is 101 Å². The molecule has 0 aliphatic heterocycles. The van der Waals surface area contributed by atoms with Gasteiger partial charge in [-0.25, -0.2) is 9.78 Å². The molecular formula is C13H11N3O4. The van der Waals surface area contributed by atoms with Crippen LogP contribution in [0.3, 0.4) is 0 Å². The van der Waals surface area contributed by atoms with Gasteiger partial charge in [0.1, 0.15) is 11.4 Å². The van der Waals surface area contributed by atoms with E-state index in [0.29, 0.717) is 0 Å². The maximum Gasteiger partial charge on any atom is 0.337 e. The largest absolute Gasteiger partial charge is 0.506 e. The molecule has 0 radical (unpaired) electrons. The van der Waals surface area contributed by atoms with Crippen molar-refractivity contribution in [3.05, 3.63) is 48.0 Å². The standard InChI is InChI=1S/C13H11N3O4/c1-20-13(19)8-2-3-9(11(17)6-8)16-12(18)10-7-14-4-5-15-10/h2-7,17H,1H3,(H,16,18). The molecule has 1 heterocycles. The second-order valence-corrected chi connectivity index (χ2v) is 3.77. The summed E-state index contributed by atoms with van der Waals surface area (Å²) in [6.07, 6.45) is 4.13. The number of amides is 1. The van der Waals surface area contributed by atoms with Crippen LogP contribution in [0.2, 0.25) is 0 Å². The SMILES string of the molecule is COC(=O)c1ccc(NC(=O)c2cnccn2)c(O)c1. The summed E-state index contributed by atoms with van der Waals surface area (Å²) in [5.41, 5.74) is 0.458. The van der Waals surface area contributed by atoms with E-state index in [1.165, 1.54) is 43.9 Å². The number of phenols is 1. The average Bonchev–Trinajstić information content (AvgIpc) is 2.49. The minimum atomic E-state index is -0.577. The van der Waals surface area contributed by atoms with E-state index in [1.807, 2.05) is 0 Å². The first kappa shape index (κ1) is 13.5. The van der Waals surface area contributed by atoms with Gasteiger partial charge in [0.15, 0.2) is 0 Å². The van der Waals surface area contributed by atoms with Crippen LogP contribution in [0.4, 0.5) is 5.69 Å². The molecule has 20 heavy (non-hydrogen) atoms. The van der Waals surface area contributed by atoms with E-state index in [-0.39, 0.29) is 22.7 Å². The Balaban J connectivity index is 2.18. The molecular weight excluding hydrogens is 262 g/mol. The maximum atomic E-state index is 11.8. The van der Waals surface area contributed by atoms with Crippen molar-refractivity contribution in [3.8, 4) is 5.75 Å². The highest BCUT2D eigenvalue weighted by Crippen LogP contribution is 2.24. The number of carbonyl (C=O) groups is 2. The van der Waals surface area contributed by atoms with Crippen molar-refractivity contribution < 1.29 is 19.4 Å². The quantitative estimate of drug-likeness (QED) is 0.644. The highest BCUT2D eigenvalue weighted by Gasteiger charge is 2.13. The van der Waals surface area contributed by atoms with E-state index < -0.39 is 11.9 Å². The highest BCUT2D eigenvalue weighted by atomic mass is 16.5. The first-order valence-electron chi connectivity index (χ1n) is 5.60. The monoisotopic (exact) mass is 273 g/mol. The first-order chi connectivity index (χ1) is 9.61. The number of nitrogens with zero attached hydrogens (tertiary/aromatic N) is 2. The number of methoxy groups -OCH3 is 1. The van der Waals surface area contributed by atoms with E-state index in [4.69, 9.17) is 0 Å². The summed E-state index contributed by atoms with van der Waals surface area (Å²) in [5, 5.41) is 12.2. The third-order valence-corrected chi connectivity index (χ3v) is 2.46. The molecule has 0 atom stereocenters. The van der Waals surface area contributed by atoms with E-state index in [1.54, 1.807) is 0 Å². The zero-order valence-corrected chi connectivity index (χ0v) is 10.5. The van der Waals surface area contributed by atoms with Crippen molar-refractivity contribution in [1.82, 2.24) is 9.97 Å². The zero-order chi connectivity index (χ0) is 14.5. The van der Waals surface area contributed by atoms with Crippen molar-refractivity contribution in [2.45, 2.75) is 0 Å². The minimum Gasteiger partial charge on any atom is -0.506 e. The van der Waals surface area contributed by atoms with Crippen LogP contribution in [-0.4, -0.2) is 34.1 Å². The third kappa shape index (κ3) is 2.89. The number of esters is 1. The second-order valence-electron chi connectivity index (χ2n) is 3.77. The molecule has 2 aromatic rings. The zero-order valence-electron chi connectivity index (χ0n) is 10.5. The van der Waals surface area contributed by atoms with Gasteiger partial charge in [-0.05, 0) is 18.2 Å². The fourth-order valence-electron chi connectivity index (χ4n) is 1.48. The van der Waals surface area contributed by atoms with Gasteiger partial charge in [-0.15, -0.1) is 0 Å². The highest BCUT2D eigenvalue weighted by molar-refractivity contribution is 6.03. The normalized spacial score (nSPS) is 9.85. The lowest BCUT2D eigenvalue weighted by molar-refractivity contribution is 0.0600. The number of ether oxygens (including phenoxy) is 1. The summed E-state index contributed by atoms with van der Waals surface area (Å²) in [7, 11) is 1.24. The Labute approximate surface area is 114 Å². The van der Waals surface area contributed by atoms with Gasteiger partial charge in [-0.1, -0.05) is 0 Å². The molecule has 102 valence electrons. The predicted octanol–water partition coefficient (Wildman–Crippen LogP) is 1.22. The Morgan fingerprint density at radius 1 is 1.30 bits per heavy atom. The van der Waals surface area contributed by atoms with Crippen LogP contribution >= 0.6 is 0 Å². The fraction of sp³-hybridized carbons (Fsp3) is 0.0769. The van der Waals surface area contributed by atoms with Crippen LogP contribution in [-0.2, 0) is 4.74 Å². The van der Waals surface area contributed by atoms with Gasteiger partial charge < -0.3 is 15.2 Å². The van der Waals surface area contributed by atoms with Gasteiger partial charge in [-0.3, -0.25) is 9.78 Å². The van der Waals surface area contributed by atoms with Gasteiger partial charge in [0.25, 0.3) is 5.91 Å². The van der Waals surface area contributed by atoms with Crippen LogP contribution in [0.5, 0.6) is 5.75 Å². The molecule has 0 aliphatic carbocycles. The van der Waals surface area contributed by atoms with Gasteiger partial charge >= 0.3 is 5.97 Å². The van der Waals surface area contributed by atoms with Crippen molar-refractivity contribution in [2.24, 2.45) is 0 Å². The Morgan fingerprint density at radius 3 is 2.70 bits per heavy atom. The first-order valence-corrected chi connectivity index (χ1v) is 5.60. The number of aromatic nitrogens is 2. The van der Waals surface area contributed by atoms with Gasteiger partial charge in [0.2, 0.25) is 0 Å². The number of hydrogen-bond donors (Lipinski definition) is 2. The number of carbonyl (C=O) groups excluding carboxylic acids is 2. The fourth-order valence-corrected chi connectivity index (χ4v) is 1.48. The Kier molecular flexibility index (Phi) is 3.90. The van der Waals surface area contributed by atoms with Crippen LogP contribution in [0.25, 0.3) is 0 Å². The number of aromatic hydroxyl groups is 1.